The Morgan fingerprint density at radius 2 is 1.95 bits per heavy atom. The van der Waals surface area contributed by atoms with Gasteiger partial charge >= 0.3 is 0 Å². The van der Waals surface area contributed by atoms with E-state index in [1.807, 2.05) is 30.3 Å². The summed E-state index contributed by atoms with van der Waals surface area (Å²) < 4.78 is 5.29. The number of fused-ring (bicyclic) bond motifs is 1. The first-order valence-corrected chi connectivity index (χ1v) is 6.81. The lowest BCUT2D eigenvalue weighted by Gasteiger charge is -2.31. The van der Waals surface area contributed by atoms with Gasteiger partial charge in [-0.05, 0) is 60.9 Å². The summed E-state index contributed by atoms with van der Waals surface area (Å²) in [6, 6.07) is 13.9. The summed E-state index contributed by atoms with van der Waals surface area (Å²) >= 11 is 0. The van der Waals surface area contributed by atoms with Crippen LogP contribution in [0.4, 0.5) is 11.4 Å². The Kier molecular flexibility index (Phi) is 3.42. The number of benzene rings is 2. The molecule has 0 bridgehead atoms. The highest BCUT2D eigenvalue weighted by molar-refractivity contribution is 5.77. The molecule has 0 unspecified atom stereocenters. The molecule has 0 N–H and O–H groups in total. The highest BCUT2D eigenvalue weighted by Crippen LogP contribution is 2.35. The van der Waals surface area contributed by atoms with Gasteiger partial charge in [-0.2, -0.15) is 0 Å². The summed E-state index contributed by atoms with van der Waals surface area (Å²) in [4.78, 5) is 13.0. The van der Waals surface area contributed by atoms with Gasteiger partial charge in [0.25, 0.3) is 0 Å². The number of aldehydes is 1. The zero-order valence-electron chi connectivity index (χ0n) is 11.5. The molecule has 0 atom stereocenters. The average molecular weight is 267 g/mol. The number of aryl methyl sites for hydroxylation is 1. The molecular weight excluding hydrogens is 250 g/mol. The van der Waals surface area contributed by atoms with Gasteiger partial charge in [0.2, 0.25) is 0 Å². The van der Waals surface area contributed by atoms with Gasteiger partial charge in [-0.3, -0.25) is 4.79 Å². The second-order valence-electron chi connectivity index (χ2n) is 4.96. The lowest BCUT2D eigenvalue weighted by atomic mass is 10.0. The molecule has 3 rings (SSSR count). The van der Waals surface area contributed by atoms with Gasteiger partial charge in [0.15, 0.2) is 0 Å². The molecule has 2 aromatic carbocycles. The molecule has 0 aliphatic carbocycles. The van der Waals surface area contributed by atoms with Crippen LogP contribution in [-0.2, 0) is 6.42 Å². The second-order valence-corrected chi connectivity index (χ2v) is 4.96. The molecule has 0 saturated heterocycles. The van der Waals surface area contributed by atoms with Gasteiger partial charge in [0.05, 0.1) is 7.11 Å². The predicted octanol–water partition coefficient (Wildman–Crippen LogP) is 3.59. The Labute approximate surface area is 118 Å². The zero-order chi connectivity index (χ0) is 13.9. The minimum absolute atomic E-state index is 0.709. The summed E-state index contributed by atoms with van der Waals surface area (Å²) in [5, 5.41) is 0. The summed E-state index contributed by atoms with van der Waals surface area (Å²) in [5.41, 5.74) is 4.38. The SMILES string of the molecule is COc1ccc2c(c1)CCCN2c1ccc(C=O)cc1. The normalized spacial score (nSPS) is 13.8. The van der Waals surface area contributed by atoms with Crippen LogP contribution in [0.15, 0.2) is 42.5 Å². The molecule has 1 aliphatic rings. The molecule has 0 spiro atoms. The van der Waals surface area contributed by atoms with Crippen molar-refractivity contribution < 1.29 is 9.53 Å². The average Bonchev–Trinajstić information content (AvgIpc) is 2.54. The summed E-state index contributed by atoms with van der Waals surface area (Å²) in [6.07, 6.45) is 3.07. The third kappa shape index (κ3) is 2.27. The number of carbonyl (C=O) groups excluding carboxylic acids is 1. The fourth-order valence-electron chi connectivity index (χ4n) is 2.70. The van der Waals surface area contributed by atoms with Crippen molar-refractivity contribution in [2.75, 3.05) is 18.6 Å². The van der Waals surface area contributed by atoms with E-state index >= 15 is 0 Å². The first kappa shape index (κ1) is 12.7. The maximum Gasteiger partial charge on any atom is 0.150 e. The fourth-order valence-corrected chi connectivity index (χ4v) is 2.70. The highest BCUT2D eigenvalue weighted by Gasteiger charge is 2.18. The van der Waals surface area contributed by atoms with Crippen LogP contribution >= 0.6 is 0 Å². The molecule has 0 aromatic heterocycles. The Morgan fingerprint density at radius 3 is 2.65 bits per heavy atom. The Balaban J connectivity index is 1.98. The lowest BCUT2D eigenvalue weighted by Crippen LogP contribution is -2.24. The Morgan fingerprint density at radius 1 is 1.15 bits per heavy atom. The third-order valence-electron chi connectivity index (χ3n) is 3.75. The topological polar surface area (TPSA) is 29.5 Å². The van der Waals surface area contributed by atoms with Gasteiger partial charge in [-0.25, -0.2) is 0 Å². The summed E-state index contributed by atoms with van der Waals surface area (Å²) in [6.45, 7) is 1.000. The van der Waals surface area contributed by atoms with Crippen LogP contribution in [0.5, 0.6) is 5.75 Å². The molecule has 3 heteroatoms. The van der Waals surface area contributed by atoms with E-state index < -0.39 is 0 Å². The number of rotatable bonds is 3. The van der Waals surface area contributed by atoms with E-state index in [1.54, 1.807) is 7.11 Å². The number of nitrogens with zero attached hydrogens (tertiary/aromatic N) is 1. The van der Waals surface area contributed by atoms with Crippen molar-refractivity contribution >= 4 is 17.7 Å². The Hall–Kier alpha value is -2.29. The minimum Gasteiger partial charge on any atom is -0.497 e. The monoisotopic (exact) mass is 267 g/mol. The van der Waals surface area contributed by atoms with Crippen LogP contribution in [0.25, 0.3) is 0 Å². The summed E-state index contributed by atoms with van der Waals surface area (Å²) in [7, 11) is 1.69. The van der Waals surface area contributed by atoms with E-state index in [2.05, 4.69) is 17.0 Å². The first-order chi connectivity index (χ1) is 9.81. The maximum absolute atomic E-state index is 10.7. The molecule has 0 fully saturated rings. The molecular formula is C17H17NO2. The first-order valence-electron chi connectivity index (χ1n) is 6.81. The number of ether oxygens (including phenoxy) is 1. The number of hydrogen-bond donors (Lipinski definition) is 0. The van der Waals surface area contributed by atoms with E-state index in [0.717, 1.165) is 37.1 Å². The highest BCUT2D eigenvalue weighted by atomic mass is 16.5. The smallest absolute Gasteiger partial charge is 0.150 e. The van der Waals surface area contributed by atoms with Crippen molar-refractivity contribution in [3.63, 3.8) is 0 Å². The van der Waals surface area contributed by atoms with Gasteiger partial charge < -0.3 is 9.64 Å². The number of anilines is 2. The minimum atomic E-state index is 0.709. The number of hydrogen-bond acceptors (Lipinski definition) is 3. The zero-order valence-corrected chi connectivity index (χ0v) is 11.5. The fraction of sp³-hybridized carbons (Fsp3) is 0.235. The van der Waals surface area contributed by atoms with Crippen molar-refractivity contribution in [3.05, 3.63) is 53.6 Å². The van der Waals surface area contributed by atoms with Gasteiger partial charge in [0.1, 0.15) is 12.0 Å². The maximum atomic E-state index is 10.7. The quantitative estimate of drug-likeness (QED) is 0.796. The van der Waals surface area contributed by atoms with Crippen LogP contribution in [0.1, 0.15) is 22.3 Å². The van der Waals surface area contributed by atoms with Crippen molar-refractivity contribution in [2.24, 2.45) is 0 Å². The molecule has 1 aliphatic heterocycles. The van der Waals surface area contributed by atoms with E-state index in [4.69, 9.17) is 4.74 Å². The molecule has 0 amide bonds. The molecule has 0 radical (unpaired) electrons. The second kappa shape index (κ2) is 5.37. The van der Waals surface area contributed by atoms with Gasteiger partial charge in [-0.15, -0.1) is 0 Å². The molecule has 0 saturated carbocycles. The number of carbonyl (C=O) groups is 1. The largest absolute Gasteiger partial charge is 0.497 e. The summed E-state index contributed by atoms with van der Waals surface area (Å²) in [5.74, 6) is 0.905. The van der Waals surface area contributed by atoms with Crippen LogP contribution in [0, 0.1) is 0 Å². The molecule has 2 aromatic rings. The van der Waals surface area contributed by atoms with Crippen molar-refractivity contribution in [1.82, 2.24) is 0 Å². The van der Waals surface area contributed by atoms with E-state index in [-0.39, 0.29) is 0 Å². The predicted molar refractivity (Wildman–Crippen MR) is 80.2 cm³/mol. The van der Waals surface area contributed by atoms with Gasteiger partial charge in [0, 0.05) is 23.5 Å². The Bertz CT molecular complexity index is 619. The van der Waals surface area contributed by atoms with Crippen molar-refractivity contribution in [2.45, 2.75) is 12.8 Å². The van der Waals surface area contributed by atoms with Crippen LogP contribution < -0.4 is 9.64 Å². The van der Waals surface area contributed by atoms with Crippen LogP contribution in [-0.4, -0.2) is 19.9 Å². The third-order valence-corrected chi connectivity index (χ3v) is 3.75. The number of methoxy groups -OCH3 is 1. The standard InChI is InChI=1S/C17H17NO2/c1-20-16-8-9-17-14(11-16)3-2-10-18(17)15-6-4-13(12-19)5-7-15/h4-9,11-12H,2-3,10H2,1H3. The van der Waals surface area contributed by atoms with Crippen LogP contribution in [0.3, 0.4) is 0 Å². The molecule has 3 nitrogen and oxygen atoms in total. The molecule has 1 heterocycles. The molecule has 20 heavy (non-hydrogen) atoms. The molecule has 102 valence electrons. The van der Waals surface area contributed by atoms with E-state index in [1.165, 1.54) is 11.3 Å². The van der Waals surface area contributed by atoms with E-state index in [0.29, 0.717) is 5.56 Å². The van der Waals surface area contributed by atoms with E-state index in [9.17, 15) is 4.79 Å². The van der Waals surface area contributed by atoms with Crippen LogP contribution in [0.2, 0.25) is 0 Å². The van der Waals surface area contributed by atoms with Crippen molar-refractivity contribution in [3.8, 4) is 5.75 Å². The van der Waals surface area contributed by atoms with Crippen molar-refractivity contribution in [1.29, 1.82) is 0 Å². The van der Waals surface area contributed by atoms with Gasteiger partial charge in [-0.1, -0.05) is 0 Å². The lowest BCUT2D eigenvalue weighted by molar-refractivity contribution is 0.112.